The van der Waals surface area contributed by atoms with Gasteiger partial charge in [0.1, 0.15) is 5.78 Å². The Morgan fingerprint density at radius 2 is 1.94 bits per heavy atom. The zero-order valence-electron chi connectivity index (χ0n) is 11.0. The van der Waals surface area contributed by atoms with E-state index in [9.17, 15) is 4.79 Å². The molecule has 4 rings (SSSR count). The Bertz CT molecular complexity index is 345. The van der Waals surface area contributed by atoms with E-state index in [1.807, 2.05) is 0 Å². The van der Waals surface area contributed by atoms with Crippen LogP contribution in [0.3, 0.4) is 0 Å². The summed E-state index contributed by atoms with van der Waals surface area (Å²) in [6, 6.07) is 0. The van der Waals surface area contributed by atoms with Crippen LogP contribution in [0.15, 0.2) is 0 Å². The van der Waals surface area contributed by atoms with Crippen LogP contribution in [0, 0.1) is 34.5 Å². The Hall–Kier alpha value is -0.330. The van der Waals surface area contributed by atoms with Gasteiger partial charge in [0.2, 0.25) is 0 Å². The zero-order chi connectivity index (χ0) is 11.7. The lowest BCUT2D eigenvalue weighted by molar-refractivity contribution is -0.157. The summed E-state index contributed by atoms with van der Waals surface area (Å²) in [6.07, 6.45) is 4.96. The fourth-order valence-corrected chi connectivity index (χ4v) is 5.28. The highest BCUT2D eigenvalue weighted by Crippen LogP contribution is 2.69. The molecule has 0 aliphatic heterocycles. The molecule has 4 aliphatic rings. The molecule has 0 saturated heterocycles. The molecule has 90 valence electrons. The van der Waals surface area contributed by atoms with Crippen molar-refractivity contribution in [3.63, 3.8) is 0 Å². The van der Waals surface area contributed by atoms with Gasteiger partial charge in [-0.05, 0) is 48.9 Å². The molecule has 4 bridgehead atoms. The maximum absolute atomic E-state index is 12.6. The van der Waals surface area contributed by atoms with Gasteiger partial charge in [-0.25, -0.2) is 0 Å². The molecular weight excluding hydrogens is 196 g/mol. The van der Waals surface area contributed by atoms with Crippen molar-refractivity contribution < 1.29 is 4.79 Å². The Labute approximate surface area is 99.0 Å². The van der Waals surface area contributed by atoms with Gasteiger partial charge in [0, 0.05) is 11.3 Å². The third-order valence-corrected chi connectivity index (χ3v) is 6.29. The van der Waals surface area contributed by atoms with Crippen molar-refractivity contribution in [3.05, 3.63) is 0 Å². The Morgan fingerprint density at radius 3 is 2.56 bits per heavy atom. The second-order valence-corrected chi connectivity index (χ2v) is 7.44. The van der Waals surface area contributed by atoms with Crippen LogP contribution >= 0.6 is 0 Å². The van der Waals surface area contributed by atoms with E-state index in [1.54, 1.807) is 0 Å². The van der Waals surface area contributed by atoms with Crippen LogP contribution in [0.5, 0.6) is 0 Å². The average Bonchev–Trinajstić information content (AvgIpc) is 2.44. The number of rotatable bonds is 1. The molecule has 0 N–H and O–H groups in total. The maximum Gasteiger partial charge on any atom is 0.142 e. The van der Waals surface area contributed by atoms with E-state index >= 15 is 0 Å². The highest BCUT2D eigenvalue weighted by Gasteiger charge is 2.66. The summed E-state index contributed by atoms with van der Waals surface area (Å²) in [5, 5.41) is 0. The molecule has 0 aromatic rings. The van der Waals surface area contributed by atoms with Crippen molar-refractivity contribution in [1.29, 1.82) is 0 Å². The number of carbonyl (C=O) groups is 1. The summed E-state index contributed by atoms with van der Waals surface area (Å²) in [5.41, 5.74) is 0.557. The van der Waals surface area contributed by atoms with Gasteiger partial charge in [0.15, 0.2) is 0 Å². The van der Waals surface area contributed by atoms with Gasteiger partial charge >= 0.3 is 0 Å². The molecule has 0 unspecified atom stereocenters. The first-order valence-electron chi connectivity index (χ1n) is 6.93. The highest BCUT2D eigenvalue weighted by atomic mass is 16.1. The molecule has 0 amide bonds. The maximum atomic E-state index is 12.6. The lowest BCUT2D eigenvalue weighted by atomic mass is 9.47. The summed E-state index contributed by atoms with van der Waals surface area (Å²) < 4.78 is 0. The molecule has 0 aromatic carbocycles. The number of hydrogen-bond acceptors (Lipinski definition) is 1. The molecule has 4 aliphatic carbocycles. The Balaban J connectivity index is 2.03. The highest BCUT2D eigenvalue weighted by molar-refractivity contribution is 5.90. The van der Waals surface area contributed by atoms with E-state index < -0.39 is 0 Å². The molecule has 1 heteroatoms. The monoisotopic (exact) mass is 220 g/mol. The van der Waals surface area contributed by atoms with E-state index in [4.69, 9.17) is 0 Å². The van der Waals surface area contributed by atoms with Crippen LogP contribution in [0.25, 0.3) is 0 Å². The zero-order valence-corrected chi connectivity index (χ0v) is 11.0. The minimum Gasteiger partial charge on any atom is -0.299 e. The third-order valence-electron chi connectivity index (χ3n) is 6.29. The first-order valence-corrected chi connectivity index (χ1v) is 6.93. The van der Waals surface area contributed by atoms with Gasteiger partial charge in [-0.15, -0.1) is 0 Å². The minimum absolute atomic E-state index is 0.0586. The van der Waals surface area contributed by atoms with Crippen LogP contribution in [-0.2, 0) is 4.79 Å². The molecule has 16 heavy (non-hydrogen) atoms. The van der Waals surface area contributed by atoms with Crippen LogP contribution in [-0.4, -0.2) is 5.78 Å². The number of ketones is 1. The van der Waals surface area contributed by atoms with Crippen molar-refractivity contribution >= 4 is 5.78 Å². The minimum atomic E-state index is 0.0586. The van der Waals surface area contributed by atoms with Crippen molar-refractivity contribution in [2.45, 2.75) is 53.4 Å². The predicted molar refractivity (Wildman–Crippen MR) is 65.0 cm³/mol. The van der Waals surface area contributed by atoms with Gasteiger partial charge < -0.3 is 0 Å². The predicted octanol–water partition coefficient (Wildman–Crippen LogP) is 3.67. The number of fused-ring (bicyclic) bond motifs is 1. The normalized spacial score (nSPS) is 55.1. The van der Waals surface area contributed by atoms with Crippen LogP contribution in [0.1, 0.15) is 53.4 Å². The van der Waals surface area contributed by atoms with Gasteiger partial charge in [0.05, 0.1) is 0 Å². The summed E-state index contributed by atoms with van der Waals surface area (Å²) in [4.78, 5) is 12.6. The largest absolute Gasteiger partial charge is 0.299 e. The molecule has 1 nitrogen and oxygen atoms in total. The molecule has 5 atom stereocenters. The first-order chi connectivity index (χ1) is 7.38. The van der Waals surface area contributed by atoms with Gasteiger partial charge in [0.25, 0.3) is 0 Å². The van der Waals surface area contributed by atoms with Crippen molar-refractivity contribution in [3.8, 4) is 0 Å². The molecule has 0 spiro atoms. The molecule has 0 heterocycles. The van der Waals surface area contributed by atoms with E-state index in [0.717, 1.165) is 6.42 Å². The number of carbonyl (C=O) groups excluding carboxylic acids is 1. The lowest BCUT2D eigenvalue weighted by Crippen LogP contribution is -2.56. The van der Waals surface area contributed by atoms with Crippen molar-refractivity contribution in [2.24, 2.45) is 34.5 Å². The Morgan fingerprint density at radius 1 is 1.25 bits per heavy atom. The fourth-order valence-electron chi connectivity index (χ4n) is 5.28. The number of Topliss-reactive ketones (excluding diaryl/α,β-unsaturated/α-hetero) is 1. The molecule has 0 radical (unpaired) electrons. The van der Waals surface area contributed by atoms with E-state index in [0.29, 0.717) is 34.9 Å². The first kappa shape index (κ1) is 10.8. The molecular formula is C15H24O. The summed E-state index contributed by atoms with van der Waals surface area (Å²) in [5.74, 6) is 3.06. The molecule has 4 saturated carbocycles. The lowest BCUT2D eigenvalue weighted by Gasteiger charge is -2.56. The van der Waals surface area contributed by atoms with E-state index in [1.165, 1.54) is 19.3 Å². The second-order valence-electron chi connectivity index (χ2n) is 7.44. The third kappa shape index (κ3) is 1.05. The number of hydrogen-bond donors (Lipinski definition) is 0. The van der Waals surface area contributed by atoms with Gasteiger partial charge in [-0.2, -0.15) is 0 Å². The second kappa shape index (κ2) is 2.91. The van der Waals surface area contributed by atoms with E-state index in [2.05, 4.69) is 27.7 Å². The fraction of sp³-hybridized carbons (Fsp3) is 0.933. The van der Waals surface area contributed by atoms with Crippen LogP contribution in [0.2, 0.25) is 0 Å². The SMILES string of the molecule is CC(C)[C@@H]1C[C@@H]2[C@@]3(C)CC[C@]2(C)C(=O)[C@@H]1C3. The smallest absolute Gasteiger partial charge is 0.142 e. The average molecular weight is 220 g/mol. The molecule has 0 aromatic heterocycles. The Kier molecular flexibility index (Phi) is 1.97. The molecule has 4 fully saturated rings. The quantitative estimate of drug-likeness (QED) is 0.659. The summed E-state index contributed by atoms with van der Waals surface area (Å²) >= 11 is 0. The summed E-state index contributed by atoms with van der Waals surface area (Å²) in [6.45, 7) is 9.29. The van der Waals surface area contributed by atoms with Gasteiger partial charge in [-0.3, -0.25) is 4.79 Å². The van der Waals surface area contributed by atoms with Gasteiger partial charge in [-0.1, -0.05) is 27.7 Å². The van der Waals surface area contributed by atoms with E-state index in [-0.39, 0.29) is 5.41 Å². The summed E-state index contributed by atoms with van der Waals surface area (Å²) in [7, 11) is 0. The van der Waals surface area contributed by atoms with Crippen molar-refractivity contribution in [1.82, 2.24) is 0 Å². The topological polar surface area (TPSA) is 17.1 Å². The van der Waals surface area contributed by atoms with Crippen LogP contribution in [0.4, 0.5) is 0 Å². The van der Waals surface area contributed by atoms with Crippen LogP contribution < -0.4 is 0 Å². The van der Waals surface area contributed by atoms with Crippen molar-refractivity contribution in [2.75, 3.05) is 0 Å². The standard InChI is InChI=1S/C15H24O/c1-9(2)10-7-12-14(3)5-6-15(12,4)13(16)11(10)8-14/h9-12H,5-8H2,1-4H3/t10-,11+,12+,14-,15-/m0/s1.